The molecule has 86 valence electrons. The Morgan fingerprint density at radius 1 is 1.29 bits per heavy atom. The van der Waals surface area contributed by atoms with Crippen LogP contribution in [0.15, 0.2) is 0 Å². The summed E-state index contributed by atoms with van der Waals surface area (Å²) in [7, 11) is -5.99. The molecule has 0 aliphatic rings. The minimum Gasteiger partial charge on any atom is -0.329 e. The summed E-state index contributed by atoms with van der Waals surface area (Å²) in [6.45, 7) is 1.76. The summed E-state index contributed by atoms with van der Waals surface area (Å²) in [6, 6.07) is -0.401. The van der Waals surface area contributed by atoms with Crippen LogP contribution in [0.1, 0.15) is 6.92 Å². The van der Waals surface area contributed by atoms with Crippen LogP contribution in [0.2, 0.25) is 0 Å². The van der Waals surface area contributed by atoms with E-state index < -0.39 is 31.0 Å². The third kappa shape index (κ3) is 4.36. The molecular formula is C6H16N2O4S2. The van der Waals surface area contributed by atoms with Crippen LogP contribution >= 0.6 is 0 Å². The predicted octanol–water partition coefficient (Wildman–Crippen LogP) is -1.40. The van der Waals surface area contributed by atoms with Gasteiger partial charge in [0.15, 0.2) is 14.9 Å². The Kier molecular flexibility index (Phi) is 4.50. The molecule has 0 heterocycles. The van der Waals surface area contributed by atoms with E-state index in [1.54, 1.807) is 6.92 Å². The van der Waals surface area contributed by atoms with Gasteiger partial charge in [0.25, 0.3) is 0 Å². The normalized spacial score (nSPS) is 15.8. The number of rotatable bonds is 5. The van der Waals surface area contributed by atoms with Crippen molar-refractivity contribution >= 4 is 19.9 Å². The fraction of sp³-hybridized carbons (Fsp3) is 1.00. The largest absolute Gasteiger partial charge is 0.329 e. The number of hydrogen-bond acceptors (Lipinski definition) is 5. The molecule has 0 aromatic rings. The van der Waals surface area contributed by atoms with Gasteiger partial charge in [0.2, 0.25) is 10.0 Å². The van der Waals surface area contributed by atoms with E-state index in [1.807, 2.05) is 0 Å². The lowest BCUT2D eigenvalue weighted by molar-refractivity contribution is 0.397. The summed E-state index contributed by atoms with van der Waals surface area (Å²) < 4.78 is 45.5. The highest BCUT2D eigenvalue weighted by atomic mass is 32.3. The van der Waals surface area contributed by atoms with Gasteiger partial charge in [-0.1, -0.05) is 0 Å². The monoisotopic (exact) mass is 244 g/mol. The first-order valence-electron chi connectivity index (χ1n) is 3.93. The van der Waals surface area contributed by atoms with Crippen molar-refractivity contribution in [1.29, 1.82) is 0 Å². The third-order valence-corrected chi connectivity index (χ3v) is 5.91. The number of sulfonamides is 1. The Hall–Kier alpha value is -0.180. The quantitative estimate of drug-likeness (QED) is 0.641. The first-order chi connectivity index (χ1) is 6.10. The van der Waals surface area contributed by atoms with Crippen molar-refractivity contribution in [2.45, 2.75) is 13.0 Å². The lowest BCUT2D eigenvalue weighted by Crippen LogP contribution is -2.42. The van der Waals surface area contributed by atoms with Crippen LogP contribution in [0.4, 0.5) is 0 Å². The van der Waals surface area contributed by atoms with E-state index in [-0.39, 0.29) is 6.54 Å². The van der Waals surface area contributed by atoms with Gasteiger partial charge in [0, 0.05) is 25.9 Å². The predicted molar refractivity (Wildman–Crippen MR) is 54.9 cm³/mol. The molecular weight excluding hydrogens is 228 g/mol. The second kappa shape index (κ2) is 4.56. The van der Waals surface area contributed by atoms with Gasteiger partial charge < -0.3 is 5.73 Å². The Morgan fingerprint density at radius 3 is 2.00 bits per heavy atom. The zero-order valence-corrected chi connectivity index (χ0v) is 10.1. The van der Waals surface area contributed by atoms with Gasteiger partial charge >= 0.3 is 0 Å². The zero-order valence-electron chi connectivity index (χ0n) is 8.47. The van der Waals surface area contributed by atoms with Crippen LogP contribution in [0.25, 0.3) is 0 Å². The average molecular weight is 244 g/mol. The number of nitrogens with two attached hydrogens (primary N) is 1. The van der Waals surface area contributed by atoms with Crippen molar-refractivity contribution in [2.75, 3.05) is 24.9 Å². The molecule has 0 bridgehead atoms. The van der Waals surface area contributed by atoms with Crippen LogP contribution in [-0.2, 0) is 19.9 Å². The SMILES string of the molecule is CC(CN)N(C)S(=O)(=O)CS(C)(=O)=O. The molecule has 14 heavy (non-hydrogen) atoms. The number of nitrogens with zero attached hydrogens (tertiary/aromatic N) is 1. The van der Waals surface area contributed by atoms with E-state index >= 15 is 0 Å². The first-order valence-corrected chi connectivity index (χ1v) is 7.60. The minimum absolute atomic E-state index is 0.152. The van der Waals surface area contributed by atoms with Crippen LogP contribution in [0.3, 0.4) is 0 Å². The molecule has 0 saturated heterocycles. The van der Waals surface area contributed by atoms with Gasteiger partial charge in [-0.2, -0.15) is 0 Å². The van der Waals surface area contributed by atoms with Gasteiger partial charge in [-0.25, -0.2) is 21.1 Å². The molecule has 0 aliphatic carbocycles. The molecule has 0 radical (unpaired) electrons. The standard InChI is InChI=1S/C6H16N2O4S2/c1-6(4-7)8(2)14(11,12)5-13(3,9)10/h6H,4-5,7H2,1-3H3. The fourth-order valence-corrected chi connectivity index (χ4v) is 4.24. The van der Waals surface area contributed by atoms with Crippen molar-refractivity contribution in [1.82, 2.24) is 4.31 Å². The third-order valence-electron chi connectivity index (χ3n) is 1.76. The molecule has 0 fully saturated rings. The fourth-order valence-electron chi connectivity index (χ4n) is 0.776. The zero-order chi connectivity index (χ0) is 11.6. The van der Waals surface area contributed by atoms with Gasteiger partial charge in [0.1, 0.15) is 0 Å². The van der Waals surface area contributed by atoms with Crippen LogP contribution in [-0.4, -0.2) is 52.1 Å². The molecule has 1 atom stereocenters. The number of likely N-dealkylation sites (N-methyl/N-ethyl adjacent to an activating group) is 1. The Balaban J connectivity index is 4.82. The first kappa shape index (κ1) is 13.8. The molecule has 6 nitrogen and oxygen atoms in total. The minimum atomic E-state index is -3.76. The molecule has 0 spiro atoms. The Morgan fingerprint density at radius 2 is 1.71 bits per heavy atom. The number of hydrogen-bond donors (Lipinski definition) is 1. The second-order valence-electron chi connectivity index (χ2n) is 3.26. The molecule has 0 amide bonds. The van der Waals surface area contributed by atoms with Gasteiger partial charge in [-0.15, -0.1) is 0 Å². The molecule has 8 heteroatoms. The topological polar surface area (TPSA) is 97.5 Å². The van der Waals surface area contributed by atoms with E-state index in [4.69, 9.17) is 5.73 Å². The maximum Gasteiger partial charge on any atom is 0.228 e. The summed E-state index contributed by atoms with van der Waals surface area (Å²) in [5.41, 5.74) is 5.28. The van der Waals surface area contributed by atoms with Gasteiger partial charge in [0.05, 0.1) is 0 Å². The van der Waals surface area contributed by atoms with Crippen molar-refractivity contribution in [3.8, 4) is 0 Å². The summed E-state index contributed by atoms with van der Waals surface area (Å²) >= 11 is 0. The molecule has 0 rings (SSSR count). The van der Waals surface area contributed by atoms with E-state index in [9.17, 15) is 16.8 Å². The van der Waals surface area contributed by atoms with Crippen LogP contribution < -0.4 is 5.73 Å². The highest BCUT2D eigenvalue weighted by molar-refractivity contribution is 8.06. The number of sulfone groups is 1. The van der Waals surface area contributed by atoms with Crippen molar-refractivity contribution in [2.24, 2.45) is 5.73 Å². The van der Waals surface area contributed by atoms with E-state index in [0.29, 0.717) is 0 Å². The van der Waals surface area contributed by atoms with Crippen molar-refractivity contribution in [3.63, 3.8) is 0 Å². The smallest absolute Gasteiger partial charge is 0.228 e. The molecule has 2 N–H and O–H groups in total. The average Bonchev–Trinajstić information content (AvgIpc) is 1.97. The summed E-state index contributed by atoms with van der Waals surface area (Å²) in [5.74, 6) is 0. The highest BCUT2D eigenvalue weighted by Crippen LogP contribution is 2.05. The van der Waals surface area contributed by atoms with Crippen molar-refractivity contribution < 1.29 is 16.8 Å². The maximum absolute atomic E-state index is 11.4. The van der Waals surface area contributed by atoms with Crippen LogP contribution in [0, 0.1) is 0 Å². The summed E-state index contributed by atoms with van der Waals surface area (Å²) in [4.78, 5) is 0. The lowest BCUT2D eigenvalue weighted by atomic mass is 10.4. The molecule has 0 aromatic heterocycles. The van der Waals surface area contributed by atoms with Gasteiger partial charge in [-0.05, 0) is 6.92 Å². The molecule has 0 aliphatic heterocycles. The second-order valence-corrected chi connectivity index (χ2v) is 7.79. The molecule has 0 aromatic carbocycles. The Bertz CT molecular complexity index is 373. The summed E-state index contributed by atoms with van der Waals surface area (Å²) in [6.07, 6.45) is 0.880. The Labute approximate surface area is 85.0 Å². The van der Waals surface area contributed by atoms with Crippen molar-refractivity contribution in [3.05, 3.63) is 0 Å². The van der Waals surface area contributed by atoms with E-state index in [2.05, 4.69) is 0 Å². The van der Waals surface area contributed by atoms with Crippen LogP contribution in [0.5, 0.6) is 0 Å². The summed E-state index contributed by atoms with van der Waals surface area (Å²) in [5, 5.41) is -0.874. The van der Waals surface area contributed by atoms with E-state index in [1.165, 1.54) is 7.05 Å². The molecule has 1 unspecified atom stereocenters. The van der Waals surface area contributed by atoms with E-state index in [0.717, 1.165) is 10.6 Å². The maximum atomic E-state index is 11.4. The lowest BCUT2D eigenvalue weighted by Gasteiger charge is -2.22. The van der Waals surface area contributed by atoms with Gasteiger partial charge in [-0.3, -0.25) is 0 Å². The molecule has 0 saturated carbocycles. The highest BCUT2D eigenvalue weighted by Gasteiger charge is 2.26.